The molecule has 0 spiro atoms. The molecule has 0 bridgehead atoms. The number of aliphatic hydroxyl groups excluding tert-OH is 1. The lowest BCUT2D eigenvalue weighted by molar-refractivity contribution is 0.275. The molecule has 1 aromatic heterocycles. The van der Waals surface area contributed by atoms with Crippen molar-refractivity contribution in [2.75, 3.05) is 0 Å². The maximum Gasteiger partial charge on any atom is 0.145 e. The highest BCUT2D eigenvalue weighted by atomic mass is 79.9. The second kappa shape index (κ2) is 3.07. The summed E-state index contributed by atoms with van der Waals surface area (Å²) in [5.74, 6) is -0.447. The van der Waals surface area contributed by atoms with Crippen molar-refractivity contribution in [1.29, 1.82) is 0 Å². The number of rotatable bonds is 1. The molecule has 2 nitrogen and oxygen atoms in total. The number of aromatic nitrogens is 1. The van der Waals surface area contributed by atoms with E-state index in [0.717, 1.165) is 0 Å². The Bertz CT molecular complexity index is 241. The van der Waals surface area contributed by atoms with Gasteiger partial charge in [-0.3, -0.25) is 4.98 Å². The minimum Gasteiger partial charge on any atom is -0.392 e. The lowest BCUT2D eigenvalue weighted by Gasteiger charge is -1.97. The third-order valence-electron chi connectivity index (χ3n) is 1.08. The third-order valence-corrected chi connectivity index (χ3v) is 1.63. The average molecular weight is 206 g/mol. The Kier molecular flexibility index (Phi) is 2.34. The summed E-state index contributed by atoms with van der Waals surface area (Å²) in [5.41, 5.74) is 0.203. The van der Waals surface area contributed by atoms with Crippen molar-refractivity contribution in [1.82, 2.24) is 4.98 Å². The van der Waals surface area contributed by atoms with Gasteiger partial charge in [0.25, 0.3) is 0 Å². The molecule has 0 saturated heterocycles. The molecule has 10 heavy (non-hydrogen) atoms. The molecule has 0 aliphatic rings. The zero-order chi connectivity index (χ0) is 7.56. The van der Waals surface area contributed by atoms with Crippen molar-refractivity contribution in [3.05, 3.63) is 28.2 Å². The summed E-state index contributed by atoms with van der Waals surface area (Å²) in [6, 6.07) is 0. The third kappa shape index (κ3) is 1.33. The zero-order valence-electron chi connectivity index (χ0n) is 5.01. The maximum absolute atomic E-state index is 12.8. The van der Waals surface area contributed by atoms with E-state index in [-0.39, 0.29) is 16.6 Å². The first kappa shape index (κ1) is 7.63. The van der Waals surface area contributed by atoms with Gasteiger partial charge in [-0.15, -0.1) is 0 Å². The van der Waals surface area contributed by atoms with E-state index in [9.17, 15) is 4.39 Å². The number of hydrogen-bond donors (Lipinski definition) is 1. The van der Waals surface area contributed by atoms with Crippen molar-refractivity contribution in [2.24, 2.45) is 0 Å². The van der Waals surface area contributed by atoms with Crippen LogP contribution in [0, 0.1) is 5.82 Å². The number of aliphatic hydroxyl groups is 1. The first-order valence-electron chi connectivity index (χ1n) is 2.64. The molecule has 1 heterocycles. The topological polar surface area (TPSA) is 33.1 Å². The summed E-state index contributed by atoms with van der Waals surface area (Å²) in [6.45, 7) is -0.321. The molecule has 4 heteroatoms. The molecule has 1 N–H and O–H groups in total. The molecule has 0 atom stereocenters. The van der Waals surface area contributed by atoms with Gasteiger partial charge in [-0.1, -0.05) is 0 Å². The van der Waals surface area contributed by atoms with Crippen LogP contribution in [0.2, 0.25) is 0 Å². The van der Waals surface area contributed by atoms with E-state index in [1.165, 1.54) is 12.4 Å². The Morgan fingerprint density at radius 2 is 2.30 bits per heavy atom. The maximum atomic E-state index is 12.8. The van der Waals surface area contributed by atoms with E-state index in [1.54, 1.807) is 0 Å². The van der Waals surface area contributed by atoms with E-state index < -0.39 is 5.82 Å². The Morgan fingerprint density at radius 3 is 2.80 bits per heavy atom. The summed E-state index contributed by atoms with van der Waals surface area (Å²) in [4.78, 5) is 3.67. The Balaban J connectivity index is 3.14. The van der Waals surface area contributed by atoms with Crippen molar-refractivity contribution in [3.63, 3.8) is 0 Å². The van der Waals surface area contributed by atoms with Crippen molar-refractivity contribution < 1.29 is 9.50 Å². The van der Waals surface area contributed by atoms with Gasteiger partial charge in [0.15, 0.2) is 0 Å². The van der Waals surface area contributed by atoms with Crippen molar-refractivity contribution >= 4 is 15.9 Å². The van der Waals surface area contributed by atoms with Crippen LogP contribution in [-0.4, -0.2) is 10.1 Å². The fourth-order valence-corrected chi connectivity index (χ4v) is 0.942. The van der Waals surface area contributed by atoms with Crippen molar-refractivity contribution in [3.8, 4) is 0 Å². The number of nitrogens with zero attached hydrogens (tertiary/aromatic N) is 1. The first-order valence-corrected chi connectivity index (χ1v) is 3.43. The summed E-state index contributed by atoms with van der Waals surface area (Å²) in [5, 5.41) is 8.54. The van der Waals surface area contributed by atoms with Gasteiger partial charge in [0.05, 0.1) is 11.1 Å². The molecular formula is C6H5BrFNO. The Hall–Kier alpha value is -0.480. The fourth-order valence-electron chi connectivity index (χ4n) is 0.570. The average Bonchev–Trinajstić information content (AvgIpc) is 1.95. The molecule has 0 fully saturated rings. The quantitative estimate of drug-likeness (QED) is 0.754. The minimum absolute atomic E-state index is 0.203. The first-order chi connectivity index (χ1) is 4.75. The summed E-state index contributed by atoms with van der Waals surface area (Å²) in [6.07, 6.45) is 2.63. The molecular weight excluding hydrogens is 201 g/mol. The van der Waals surface area contributed by atoms with Crippen LogP contribution in [0.1, 0.15) is 5.56 Å². The number of pyridine rings is 1. The second-order valence-corrected chi connectivity index (χ2v) is 2.61. The predicted octanol–water partition coefficient (Wildman–Crippen LogP) is 1.48. The van der Waals surface area contributed by atoms with Crippen LogP contribution in [0.5, 0.6) is 0 Å². The smallest absolute Gasteiger partial charge is 0.145 e. The SMILES string of the molecule is OCc1cncc(Br)c1F. The predicted molar refractivity (Wildman–Crippen MR) is 37.8 cm³/mol. The van der Waals surface area contributed by atoms with Crippen LogP contribution in [0.4, 0.5) is 4.39 Å². The molecule has 0 amide bonds. The lowest BCUT2D eigenvalue weighted by Crippen LogP contribution is -1.91. The zero-order valence-corrected chi connectivity index (χ0v) is 6.60. The fraction of sp³-hybridized carbons (Fsp3) is 0.167. The van der Waals surface area contributed by atoms with Crippen LogP contribution < -0.4 is 0 Å². The largest absolute Gasteiger partial charge is 0.392 e. The van der Waals surface area contributed by atoms with Crippen LogP contribution in [0.15, 0.2) is 16.9 Å². The molecule has 0 aliphatic carbocycles. The van der Waals surface area contributed by atoms with Gasteiger partial charge in [0.1, 0.15) is 5.82 Å². The van der Waals surface area contributed by atoms with Gasteiger partial charge in [-0.2, -0.15) is 0 Å². The molecule has 0 radical (unpaired) electrons. The molecule has 0 saturated carbocycles. The van der Waals surface area contributed by atoms with Crippen LogP contribution in [0.25, 0.3) is 0 Å². The molecule has 0 aromatic carbocycles. The highest BCUT2D eigenvalue weighted by Crippen LogP contribution is 2.16. The van der Waals surface area contributed by atoms with Gasteiger partial charge < -0.3 is 5.11 Å². The van der Waals surface area contributed by atoms with Gasteiger partial charge in [-0.05, 0) is 15.9 Å². The molecule has 0 aliphatic heterocycles. The summed E-state index contributed by atoms with van der Waals surface area (Å²) < 4.78 is 13.0. The molecule has 1 aromatic rings. The molecule has 54 valence electrons. The van der Waals surface area contributed by atoms with Crippen molar-refractivity contribution in [2.45, 2.75) is 6.61 Å². The van der Waals surface area contributed by atoms with E-state index in [0.29, 0.717) is 0 Å². The Labute approximate surface area is 65.8 Å². The lowest BCUT2D eigenvalue weighted by atomic mass is 10.3. The van der Waals surface area contributed by atoms with Gasteiger partial charge in [0, 0.05) is 18.0 Å². The van der Waals surface area contributed by atoms with E-state index >= 15 is 0 Å². The summed E-state index contributed by atoms with van der Waals surface area (Å²) >= 11 is 2.94. The molecule has 0 unspecified atom stereocenters. The van der Waals surface area contributed by atoms with E-state index in [4.69, 9.17) is 5.11 Å². The second-order valence-electron chi connectivity index (χ2n) is 1.75. The highest BCUT2D eigenvalue weighted by molar-refractivity contribution is 9.10. The van der Waals surface area contributed by atoms with Crippen LogP contribution in [-0.2, 0) is 6.61 Å². The molecule has 1 rings (SSSR count). The minimum atomic E-state index is -0.447. The number of hydrogen-bond acceptors (Lipinski definition) is 2. The highest BCUT2D eigenvalue weighted by Gasteiger charge is 2.03. The van der Waals surface area contributed by atoms with Gasteiger partial charge >= 0.3 is 0 Å². The van der Waals surface area contributed by atoms with E-state index in [1.807, 2.05) is 0 Å². The van der Waals surface area contributed by atoms with Gasteiger partial charge in [-0.25, -0.2) is 4.39 Å². The normalized spacial score (nSPS) is 9.90. The standard InChI is InChI=1S/C6H5BrFNO/c7-5-2-9-1-4(3-10)6(5)8/h1-2,10H,3H2. The van der Waals surface area contributed by atoms with Crippen LogP contribution >= 0.6 is 15.9 Å². The van der Waals surface area contributed by atoms with Gasteiger partial charge in [0.2, 0.25) is 0 Å². The van der Waals surface area contributed by atoms with E-state index in [2.05, 4.69) is 20.9 Å². The monoisotopic (exact) mass is 205 g/mol. The number of halogens is 2. The summed E-state index contributed by atoms with van der Waals surface area (Å²) in [7, 11) is 0. The Morgan fingerprint density at radius 1 is 1.60 bits per heavy atom. The van der Waals surface area contributed by atoms with Crippen LogP contribution in [0.3, 0.4) is 0 Å².